The molecule has 3 aliphatic rings. The second kappa shape index (κ2) is 11.2. The van der Waals surface area contributed by atoms with Crippen LogP contribution in [-0.2, 0) is 25.5 Å². The summed E-state index contributed by atoms with van der Waals surface area (Å²) in [6.07, 6.45) is 3.54. The Morgan fingerprint density at radius 1 is 1.21 bits per heavy atom. The number of aliphatic hydroxyl groups is 1. The van der Waals surface area contributed by atoms with Crippen molar-refractivity contribution in [1.82, 2.24) is 14.7 Å². The monoisotopic (exact) mass is 601 g/mol. The maximum atomic E-state index is 14.6. The number of hydrogen-bond donors (Lipinski definition) is 1. The molecule has 39 heavy (non-hydrogen) atoms. The quantitative estimate of drug-likeness (QED) is 0.329. The van der Waals surface area contributed by atoms with Gasteiger partial charge in [0.25, 0.3) is 0 Å². The van der Waals surface area contributed by atoms with Gasteiger partial charge in [0.05, 0.1) is 30.6 Å². The lowest BCUT2D eigenvalue weighted by Crippen LogP contribution is -2.62. The predicted molar refractivity (Wildman–Crippen MR) is 153 cm³/mol. The van der Waals surface area contributed by atoms with E-state index >= 15 is 0 Å². The number of fused-ring (bicyclic) bond motifs is 1. The van der Waals surface area contributed by atoms with Gasteiger partial charge in [-0.15, -0.1) is 13.2 Å². The lowest BCUT2D eigenvalue weighted by molar-refractivity contribution is -0.154. The van der Waals surface area contributed by atoms with Crippen molar-refractivity contribution in [2.45, 2.75) is 67.8 Å². The Hall–Kier alpha value is -2.49. The van der Waals surface area contributed by atoms with Crippen LogP contribution in [0, 0.1) is 11.8 Å². The van der Waals surface area contributed by atoms with Crippen LogP contribution in [0.2, 0.25) is 0 Å². The molecule has 3 saturated heterocycles. The number of ether oxygens (including phenoxy) is 1. The molecule has 1 aromatic carbocycles. The fraction of sp³-hybridized carbons (Fsp3) is 0.567. The van der Waals surface area contributed by atoms with Gasteiger partial charge in [-0.05, 0) is 39.2 Å². The maximum absolute atomic E-state index is 14.6. The average Bonchev–Trinajstić information content (AvgIpc) is 3.48. The highest BCUT2D eigenvalue weighted by atomic mass is 79.9. The molecule has 3 unspecified atom stereocenters. The fourth-order valence-electron chi connectivity index (χ4n) is 6.67. The third-order valence-corrected chi connectivity index (χ3v) is 9.18. The first kappa shape index (κ1) is 29.5. The molecule has 1 aromatic rings. The van der Waals surface area contributed by atoms with E-state index in [-0.39, 0.29) is 35.7 Å². The van der Waals surface area contributed by atoms with Crippen molar-refractivity contribution in [2.24, 2.45) is 11.8 Å². The Bertz CT molecular complexity index is 1120. The van der Waals surface area contributed by atoms with E-state index in [1.54, 1.807) is 29.0 Å². The molecule has 212 valence electrons. The summed E-state index contributed by atoms with van der Waals surface area (Å²) in [5.41, 5.74) is -0.824. The lowest BCUT2D eigenvalue weighted by atomic mass is 9.70. The summed E-state index contributed by atoms with van der Waals surface area (Å²) in [6, 6.07) is 7.92. The van der Waals surface area contributed by atoms with E-state index in [1.807, 2.05) is 51.1 Å². The molecular weight excluding hydrogens is 562 g/mol. The normalized spacial score (nSPS) is 30.2. The molecule has 8 nitrogen and oxygen atoms in total. The number of alkyl halides is 1. The summed E-state index contributed by atoms with van der Waals surface area (Å²) in [5, 5.41) is 10.6. The number of likely N-dealkylation sites (N-methyl/N-ethyl adjacent to an activating group) is 1. The van der Waals surface area contributed by atoms with Crippen LogP contribution in [0.15, 0.2) is 55.6 Å². The molecule has 4 rings (SSSR count). The van der Waals surface area contributed by atoms with Crippen LogP contribution >= 0.6 is 15.9 Å². The molecule has 3 heterocycles. The zero-order valence-electron chi connectivity index (χ0n) is 23.3. The molecule has 3 aliphatic heterocycles. The van der Waals surface area contributed by atoms with Crippen LogP contribution in [0.5, 0.6) is 0 Å². The van der Waals surface area contributed by atoms with Crippen LogP contribution in [0.4, 0.5) is 0 Å². The first-order valence-electron chi connectivity index (χ1n) is 13.5. The smallest absolute Gasteiger partial charge is 0.249 e. The van der Waals surface area contributed by atoms with Crippen LogP contribution in [0.1, 0.15) is 32.8 Å². The van der Waals surface area contributed by atoms with Gasteiger partial charge in [-0.3, -0.25) is 14.4 Å². The first-order chi connectivity index (χ1) is 18.4. The van der Waals surface area contributed by atoms with Gasteiger partial charge in [-0.1, -0.05) is 58.4 Å². The van der Waals surface area contributed by atoms with Gasteiger partial charge >= 0.3 is 0 Å². The van der Waals surface area contributed by atoms with Crippen molar-refractivity contribution in [3.63, 3.8) is 0 Å². The summed E-state index contributed by atoms with van der Waals surface area (Å²) in [6.45, 7) is 13.7. The van der Waals surface area contributed by atoms with Crippen molar-refractivity contribution in [3.05, 3.63) is 61.2 Å². The number of benzene rings is 1. The van der Waals surface area contributed by atoms with E-state index in [1.165, 1.54) is 4.90 Å². The third kappa shape index (κ3) is 4.98. The molecule has 1 N–H and O–H groups in total. The van der Waals surface area contributed by atoms with Gasteiger partial charge in [-0.25, -0.2) is 0 Å². The van der Waals surface area contributed by atoms with E-state index in [4.69, 9.17) is 4.74 Å². The molecule has 2 bridgehead atoms. The van der Waals surface area contributed by atoms with E-state index in [0.717, 1.165) is 5.56 Å². The highest BCUT2D eigenvalue weighted by Gasteiger charge is 2.77. The Kier molecular flexibility index (Phi) is 8.45. The Labute approximate surface area is 239 Å². The number of aliphatic hydroxyl groups excluding tert-OH is 1. The second-order valence-corrected chi connectivity index (χ2v) is 13.0. The molecular formula is C30H40BrN3O5. The number of carbonyl (C=O) groups is 3. The Morgan fingerprint density at radius 2 is 1.85 bits per heavy atom. The van der Waals surface area contributed by atoms with Crippen molar-refractivity contribution in [2.75, 3.05) is 26.7 Å². The second-order valence-electron chi connectivity index (χ2n) is 11.9. The number of amides is 3. The summed E-state index contributed by atoms with van der Waals surface area (Å²) in [7, 11) is 1.68. The van der Waals surface area contributed by atoms with Crippen LogP contribution < -0.4 is 0 Å². The highest BCUT2D eigenvalue weighted by Crippen LogP contribution is 2.61. The van der Waals surface area contributed by atoms with Crippen LogP contribution in [-0.4, -0.2) is 98.4 Å². The van der Waals surface area contributed by atoms with Gasteiger partial charge in [0, 0.05) is 30.5 Å². The molecule has 7 atom stereocenters. The Morgan fingerprint density at radius 3 is 2.41 bits per heavy atom. The molecule has 9 heteroatoms. The van der Waals surface area contributed by atoms with Crippen molar-refractivity contribution < 1.29 is 24.2 Å². The molecule has 0 aliphatic carbocycles. The van der Waals surface area contributed by atoms with E-state index in [9.17, 15) is 19.5 Å². The third-order valence-electron chi connectivity index (χ3n) is 8.33. The predicted octanol–water partition coefficient (Wildman–Crippen LogP) is 2.80. The number of hydrogen-bond acceptors (Lipinski definition) is 5. The average molecular weight is 603 g/mol. The molecule has 3 amide bonds. The highest BCUT2D eigenvalue weighted by molar-refractivity contribution is 9.09. The number of carbonyl (C=O) groups excluding carboxylic acids is 3. The summed E-state index contributed by atoms with van der Waals surface area (Å²) in [5.74, 6) is -2.37. The molecule has 1 spiro atoms. The minimum absolute atomic E-state index is 0.202. The largest absolute Gasteiger partial charge is 0.394 e. The summed E-state index contributed by atoms with van der Waals surface area (Å²) < 4.78 is 6.64. The standard InChI is InChI=1S/C30H40BrN3O5/c1-7-14-32(6)26(36)22-23-27(37)34(20(18-35)16-19-12-10-9-11-13-19)25(30(23)17-21(31)24(22)39-30)28(38)33(15-8-2)29(3,4)5/h7-13,20-25,35H,1-2,14-18H2,3-6H3/t20-,21?,22+,23+,24+,25?,30?/m1/s1. The fourth-order valence-corrected chi connectivity index (χ4v) is 7.61. The van der Waals surface area contributed by atoms with Gasteiger partial charge in [-0.2, -0.15) is 0 Å². The van der Waals surface area contributed by atoms with E-state index < -0.39 is 41.2 Å². The zero-order valence-corrected chi connectivity index (χ0v) is 24.8. The van der Waals surface area contributed by atoms with E-state index in [0.29, 0.717) is 19.4 Å². The first-order valence-corrected chi connectivity index (χ1v) is 14.4. The van der Waals surface area contributed by atoms with Crippen LogP contribution in [0.3, 0.4) is 0 Å². The van der Waals surface area contributed by atoms with Gasteiger partial charge < -0.3 is 24.5 Å². The van der Waals surface area contributed by atoms with Crippen LogP contribution in [0.25, 0.3) is 0 Å². The SMILES string of the molecule is C=CCN(C)C(=O)[C@H]1[C@H]2C(=O)N([C@@H](CO)Cc3ccccc3)C(C(=O)N(CC=C)C(C)(C)C)C23CC(Br)[C@@H]1O3. The lowest BCUT2D eigenvalue weighted by Gasteiger charge is -2.43. The topological polar surface area (TPSA) is 90.4 Å². The number of halogens is 1. The number of likely N-dealkylation sites (tertiary alicyclic amines) is 1. The van der Waals surface area contributed by atoms with E-state index in [2.05, 4.69) is 29.1 Å². The number of nitrogens with zero attached hydrogens (tertiary/aromatic N) is 3. The van der Waals surface area contributed by atoms with Gasteiger partial charge in [0.15, 0.2) is 0 Å². The molecule has 0 radical (unpaired) electrons. The van der Waals surface area contributed by atoms with Gasteiger partial charge in [0.2, 0.25) is 17.7 Å². The zero-order chi connectivity index (χ0) is 28.7. The molecule has 0 aromatic heterocycles. The minimum atomic E-state index is -1.20. The summed E-state index contributed by atoms with van der Waals surface area (Å²) >= 11 is 3.72. The van der Waals surface area contributed by atoms with Crippen molar-refractivity contribution in [3.8, 4) is 0 Å². The molecule has 3 fully saturated rings. The van der Waals surface area contributed by atoms with Crippen molar-refractivity contribution in [1.29, 1.82) is 0 Å². The minimum Gasteiger partial charge on any atom is -0.394 e. The maximum Gasteiger partial charge on any atom is 0.249 e. The van der Waals surface area contributed by atoms with Crippen molar-refractivity contribution >= 4 is 33.7 Å². The number of rotatable bonds is 10. The summed E-state index contributed by atoms with van der Waals surface area (Å²) in [4.78, 5) is 47.3. The Balaban J connectivity index is 1.84. The van der Waals surface area contributed by atoms with Gasteiger partial charge in [0.1, 0.15) is 11.6 Å². The molecule has 0 saturated carbocycles.